The van der Waals surface area contributed by atoms with Crippen LogP contribution < -0.4 is 16.4 Å². The molecule has 0 aliphatic heterocycles. The Labute approximate surface area is 171 Å². The van der Waals surface area contributed by atoms with Gasteiger partial charge in [-0.25, -0.2) is 9.18 Å². The van der Waals surface area contributed by atoms with Crippen molar-refractivity contribution in [3.8, 4) is 0 Å². The highest BCUT2D eigenvalue weighted by Gasteiger charge is 2.18. The molecular formula is C20H19FN6O3. The van der Waals surface area contributed by atoms with Crippen LogP contribution in [0.3, 0.4) is 0 Å². The SMILES string of the molecule is CC(NC(=O)c1ccccc1)C(=O)OCc1nc(N)nc(Nc2ccc(F)cc2)n1. The lowest BCUT2D eigenvalue weighted by Gasteiger charge is -2.13. The van der Waals surface area contributed by atoms with Crippen molar-refractivity contribution in [3.63, 3.8) is 0 Å². The van der Waals surface area contributed by atoms with Gasteiger partial charge in [0.05, 0.1) is 0 Å². The Hall–Kier alpha value is -4.08. The summed E-state index contributed by atoms with van der Waals surface area (Å²) in [6.07, 6.45) is 0. The number of aromatic nitrogens is 3. The molecule has 4 N–H and O–H groups in total. The number of nitrogens with two attached hydrogens (primary N) is 1. The molecule has 1 atom stereocenters. The van der Waals surface area contributed by atoms with Crippen molar-refractivity contribution < 1.29 is 18.7 Å². The Balaban J connectivity index is 1.58. The van der Waals surface area contributed by atoms with Gasteiger partial charge in [-0.05, 0) is 43.3 Å². The van der Waals surface area contributed by atoms with Crippen LogP contribution in [0.2, 0.25) is 0 Å². The second kappa shape index (κ2) is 9.41. The van der Waals surface area contributed by atoms with E-state index < -0.39 is 17.9 Å². The number of anilines is 3. The van der Waals surface area contributed by atoms with Crippen molar-refractivity contribution in [1.82, 2.24) is 20.3 Å². The van der Waals surface area contributed by atoms with Crippen LogP contribution in [-0.2, 0) is 16.1 Å². The number of esters is 1. The van der Waals surface area contributed by atoms with Crippen molar-refractivity contribution in [2.45, 2.75) is 19.6 Å². The summed E-state index contributed by atoms with van der Waals surface area (Å²) in [5.74, 6) is -1.28. The molecule has 1 unspecified atom stereocenters. The number of hydrogen-bond donors (Lipinski definition) is 3. The minimum absolute atomic E-state index is 0.0777. The molecule has 0 bridgehead atoms. The van der Waals surface area contributed by atoms with Crippen LogP contribution in [-0.4, -0.2) is 32.9 Å². The van der Waals surface area contributed by atoms with E-state index in [2.05, 4.69) is 25.6 Å². The quantitative estimate of drug-likeness (QED) is 0.505. The highest BCUT2D eigenvalue weighted by atomic mass is 19.1. The molecule has 0 spiro atoms. The first-order chi connectivity index (χ1) is 14.4. The number of nitrogens with zero attached hydrogens (tertiary/aromatic N) is 3. The molecule has 0 aliphatic rings. The molecule has 0 radical (unpaired) electrons. The molecular weight excluding hydrogens is 391 g/mol. The predicted molar refractivity (Wildman–Crippen MR) is 107 cm³/mol. The highest BCUT2D eigenvalue weighted by Crippen LogP contribution is 2.14. The lowest BCUT2D eigenvalue weighted by atomic mass is 10.2. The number of nitrogens with one attached hydrogen (secondary N) is 2. The number of amides is 1. The van der Waals surface area contributed by atoms with Crippen LogP contribution in [0.15, 0.2) is 54.6 Å². The van der Waals surface area contributed by atoms with Crippen LogP contribution in [0.25, 0.3) is 0 Å². The molecule has 1 aromatic heterocycles. The van der Waals surface area contributed by atoms with E-state index >= 15 is 0 Å². The number of hydrogen-bond acceptors (Lipinski definition) is 8. The number of halogens is 1. The largest absolute Gasteiger partial charge is 0.456 e. The second-order valence-electron chi connectivity index (χ2n) is 6.23. The van der Waals surface area contributed by atoms with E-state index in [1.54, 1.807) is 30.3 Å². The first-order valence-electron chi connectivity index (χ1n) is 8.96. The van der Waals surface area contributed by atoms with Crippen LogP contribution in [0, 0.1) is 5.82 Å². The topological polar surface area (TPSA) is 132 Å². The lowest BCUT2D eigenvalue weighted by molar-refractivity contribution is -0.147. The normalized spacial score (nSPS) is 11.4. The van der Waals surface area contributed by atoms with E-state index in [0.29, 0.717) is 11.3 Å². The maximum Gasteiger partial charge on any atom is 0.328 e. The molecule has 2 aromatic carbocycles. The molecule has 1 amide bonds. The molecule has 1 heterocycles. The maximum atomic E-state index is 13.0. The average molecular weight is 410 g/mol. The lowest BCUT2D eigenvalue weighted by Crippen LogP contribution is -2.39. The van der Waals surface area contributed by atoms with Crippen LogP contribution in [0.4, 0.5) is 22.0 Å². The monoisotopic (exact) mass is 410 g/mol. The summed E-state index contributed by atoms with van der Waals surface area (Å²) in [5, 5.41) is 5.42. The van der Waals surface area contributed by atoms with Crippen molar-refractivity contribution in [1.29, 1.82) is 0 Å². The van der Waals surface area contributed by atoms with Gasteiger partial charge >= 0.3 is 5.97 Å². The Morgan fingerprint density at radius 1 is 1.07 bits per heavy atom. The van der Waals surface area contributed by atoms with E-state index in [0.717, 1.165) is 0 Å². The zero-order chi connectivity index (χ0) is 21.5. The summed E-state index contributed by atoms with van der Waals surface area (Å²) in [5.41, 5.74) is 6.65. The molecule has 30 heavy (non-hydrogen) atoms. The van der Waals surface area contributed by atoms with Crippen molar-refractivity contribution in [3.05, 3.63) is 71.8 Å². The van der Waals surface area contributed by atoms with Crippen molar-refractivity contribution >= 4 is 29.5 Å². The number of carbonyl (C=O) groups excluding carboxylic acids is 2. The molecule has 0 fully saturated rings. The summed E-state index contributed by atoms with van der Waals surface area (Å²) in [7, 11) is 0. The van der Waals surface area contributed by atoms with Crippen LogP contribution >= 0.6 is 0 Å². The molecule has 154 valence electrons. The van der Waals surface area contributed by atoms with E-state index in [9.17, 15) is 14.0 Å². The van der Waals surface area contributed by atoms with Gasteiger partial charge in [-0.1, -0.05) is 18.2 Å². The predicted octanol–water partition coefficient (Wildman–Crippen LogP) is 2.20. The van der Waals surface area contributed by atoms with E-state index in [-0.39, 0.29) is 30.1 Å². The fourth-order valence-corrected chi connectivity index (χ4v) is 2.41. The molecule has 0 saturated carbocycles. The minimum Gasteiger partial charge on any atom is -0.456 e. The van der Waals surface area contributed by atoms with Gasteiger partial charge in [0, 0.05) is 11.3 Å². The van der Waals surface area contributed by atoms with Gasteiger partial charge in [-0.15, -0.1) is 0 Å². The van der Waals surface area contributed by atoms with Crippen LogP contribution in [0.1, 0.15) is 23.1 Å². The van der Waals surface area contributed by atoms with Crippen molar-refractivity contribution in [2.24, 2.45) is 0 Å². The molecule has 3 aromatic rings. The first kappa shape index (κ1) is 20.6. The third-order valence-electron chi connectivity index (χ3n) is 3.88. The third kappa shape index (κ3) is 5.71. The summed E-state index contributed by atoms with van der Waals surface area (Å²) < 4.78 is 18.2. The van der Waals surface area contributed by atoms with Gasteiger partial charge in [0.1, 0.15) is 11.9 Å². The number of nitrogen functional groups attached to an aromatic ring is 1. The number of ether oxygens (including phenoxy) is 1. The van der Waals surface area contributed by atoms with E-state index in [1.807, 2.05) is 0 Å². The highest BCUT2D eigenvalue weighted by molar-refractivity contribution is 5.96. The minimum atomic E-state index is -0.881. The number of carbonyl (C=O) groups is 2. The van der Waals surface area contributed by atoms with Gasteiger partial charge in [0.25, 0.3) is 5.91 Å². The Morgan fingerprint density at radius 2 is 1.77 bits per heavy atom. The maximum absolute atomic E-state index is 13.0. The molecule has 3 rings (SSSR count). The van der Waals surface area contributed by atoms with Gasteiger partial charge in [-0.3, -0.25) is 4.79 Å². The van der Waals surface area contributed by atoms with Gasteiger partial charge in [0.2, 0.25) is 11.9 Å². The summed E-state index contributed by atoms with van der Waals surface area (Å²) >= 11 is 0. The Morgan fingerprint density at radius 3 is 2.47 bits per heavy atom. The van der Waals surface area contributed by atoms with Gasteiger partial charge in [-0.2, -0.15) is 15.0 Å². The molecule has 0 saturated heterocycles. The smallest absolute Gasteiger partial charge is 0.328 e. The fourth-order valence-electron chi connectivity index (χ4n) is 2.41. The standard InChI is InChI=1S/C20H19FN6O3/c1-12(23-17(28)13-5-3-2-4-6-13)18(29)30-11-16-25-19(22)27-20(26-16)24-15-9-7-14(21)8-10-15/h2-10,12H,11H2,1H3,(H,23,28)(H3,22,24,25,26,27). The summed E-state index contributed by atoms with van der Waals surface area (Å²) in [6.45, 7) is 1.24. The molecule has 10 heteroatoms. The van der Waals surface area contributed by atoms with Crippen LogP contribution in [0.5, 0.6) is 0 Å². The van der Waals surface area contributed by atoms with Gasteiger partial charge in [0.15, 0.2) is 12.4 Å². The Bertz CT molecular complexity index is 1030. The zero-order valence-corrected chi connectivity index (χ0v) is 16.0. The number of benzene rings is 2. The van der Waals surface area contributed by atoms with E-state index in [1.165, 1.54) is 31.2 Å². The van der Waals surface area contributed by atoms with Gasteiger partial charge < -0.3 is 21.1 Å². The fraction of sp³-hybridized carbons (Fsp3) is 0.150. The molecule has 9 nitrogen and oxygen atoms in total. The zero-order valence-electron chi connectivity index (χ0n) is 16.0. The average Bonchev–Trinajstić information content (AvgIpc) is 2.74. The second-order valence-corrected chi connectivity index (χ2v) is 6.23. The number of rotatable bonds is 7. The summed E-state index contributed by atoms with van der Waals surface area (Å²) in [4.78, 5) is 36.3. The van der Waals surface area contributed by atoms with E-state index in [4.69, 9.17) is 10.5 Å². The first-order valence-corrected chi connectivity index (χ1v) is 8.96. The van der Waals surface area contributed by atoms with Crippen molar-refractivity contribution in [2.75, 3.05) is 11.1 Å². The summed E-state index contributed by atoms with van der Waals surface area (Å²) in [6, 6.07) is 13.2. The third-order valence-corrected chi connectivity index (χ3v) is 3.88. The molecule has 0 aliphatic carbocycles. The Kier molecular flexibility index (Phi) is 6.48.